The third-order valence-electron chi connectivity index (χ3n) is 3.63. The fraction of sp³-hybridized carbons (Fsp3) is 0.533. The van der Waals surface area contributed by atoms with E-state index >= 15 is 0 Å². The Morgan fingerprint density at radius 3 is 2.83 bits per heavy atom. The lowest BCUT2D eigenvalue weighted by Gasteiger charge is -2.22. The summed E-state index contributed by atoms with van der Waals surface area (Å²) >= 11 is 0. The zero-order chi connectivity index (χ0) is 13.1. The Morgan fingerprint density at radius 1 is 1.39 bits per heavy atom. The molecule has 18 heavy (non-hydrogen) atoms. The predicted molar refractivity (Wildman–Crippen MR) is 75.0 cm³/mol. The van der Waals surface area contributed by atoms with Gasteiger partial charge in [0, 0.05) is 12.2 Å². The molecule has 1 heterocycles. The highest BCUT2D eigenvalue weighted by Crippen LogP contribution is 2.29. The number of anilines is 1. The molecule has 1 unspecified atom stereocenters. The van der Waals surface area contributed by atoms with Crippen LogP contribution in [0.15, 0.2) is 18.2 Å². The highest BCUT2D eigenvalue weighted by molar-refractivity contribution is 6.00. The molecule has 1 N–H and O–H groups in total. The molecule has 0 aromatic heterocycles. The van der Waals surface area contributed by atoms with Gasteiger partial charge in [-0.25, -0.2) is 0 Å². The van der Waals surface area contributed by atoms with Crippen molar-refractivity contribution >= 4 is 11.6 Å². The molecule has 1 amide bonds. The molecule has 3 heteroatoms. The van der Waals surface area contributed by atoms with Gasteiger partial charge in [0.1, 0.15) is 0 Å². The summed E-state index contributed by atoms with van der Waals surface area (Å²) in [6.07, 6.45) is 1.87. The van der Waals surface area contributed by atoms with Gasteiger partial charge in [0.15, 0.2) is 0 Å². The van der Waals surface area contributed by atoms with Crippen LogP contribution in [-0.2, 0) is 11.2 Å². The minimum atomic E-state index is -0.000637. The lowest BCUT2D eigenvalue weighted by molar-refractivity contribution is -0.118. The minimum absolute atomic E-state index is 0.000637. The molecule has 2 rings (SSSR count). The van der Waals surface area contributed by atoms with Crippen molar-refractivity contribution in [2.75, 3.05) is 18.0 Å². The van der Waals surface area contributed by atoms with Crippen LogP contribution in [0.1, 0.15) is 31.4 Å². The van der Waals surface area contributed by atoms with Crippen LogP contribution in [0, 0.1) is 6.92 Å². The van der Waals surface area contributed by atoms with Gasteiger partial charge in [-0.05, 0) is 37.4 Å². The number of likely N-dealkylation sites (N-methyl/N-ethyl adjacent to an activating group) is 1. The van der Waals surface area contributed by atoms with E-state index in [9.17, 15) is 4.79 Å². The standard InChI is InChI=1S/C15H22N2O/c1-4-12-8-6-7-11(3)14(12)17-10-9-13(15(17)18)16-5-2/h6-8,13,16H,4-5,9-10H2,1-3H3. The topological polar surface area (TPSA) is 32.3 Å². The number of amides is 1. The molecule has 1 aromatic rings. The molecule has 1 aliphatic rings. The second-order valence-electron chi connectivity index (χ2n) is 4.83. The summed E-state index contributed by atoms with van der Waals surface area (Å²) in [5, 5.41) is 3.26. The van der Waals surface area contributed by atoms with Gasteiger partial charge in [0.05, 0.1) is 6.04 Å². The van der Waals surface area contributed by atoms with Crippen molar-refractivity contribution in [3.63, 3.8) is 0 Å². The summed E-state index contributed by atoms with van der Waals surface area (Å²) in [6.45, 7) is 7.94. The molecular weight excluding hydrogens is 224 g/mol. The van der Waals surface area contributed by atoms with Crippen LogP contribution in [0.2, 0.25) is 0 Å². The van der Waals surface area contributed by atoms with Crippen LogP contribution < -0.4 is 10.2 Å². The van der Waals surface area contributed by atoms with Gasteiger partial charge >= 0.3 is 0 Å². The highest BCUT2D eigenvalue weighted by atomic mass is 16.2. The number of carbonyl (C=O) groups is 1. The molecule has 98 valence electrons. The fourth-order valence-corrected chi connectivity index (χ4v) is 2.73. The second kappa shape index (κ2) is 5.53. The number of hydrogen-bond acceptors (Lipinski definition) is 2. The van der Waals surface area contributed by atoms with E-state index in [4.69, 9.17) is 0 Å². The Bertz CT molecular complexity index is 442. The molecule has 0 saturated carbocycles. The molecule has 0 bridgehead atoms. The molecule has 0 radical (unpaired) electrons. The minimum Gasteiger partial charge on any atom is -0.310 e. The molecule has 3 nitrogen and oxygen atoms in total. The quantitative estimate of drug-likeness (QED) is 0.884. The van der Waals surface area contributed by atoms with Crippen LogP contribution in [0.4, 0.5) is 5.69 Å². The van der Waals surface area contributed by atoms with Crippen LogP contribution >= 0.6 is 0 Å². The van der Waals surface area contributed by atoms with E-state index in [1.807, 2.05) is 11.8 Å². The van der Waals surface area contributed by atoms with Gasteiger partial charge in [-0.15, -0.1) is 0 Å². The lowest BCUT2D eigenvalue weighted by Crippen LogP contribution is -2.38. The predicted octanol–water partition coefficient (Wildman–Crippen LogP) is 2.27. The highest BCUT2D eigenvalue weighted by Gasteiger charge is 2.33. The smallest absolute Gasteiger partial charge is 0.244 e. The van der Waals surface area contributed by atoms with E-state index in [2.05, 4.69) is 37.4 Å². The monoisotopic (exact) mass is 246 g/mol. The lowest BCUT2D eigenvalue weighted by atomic mass is 10.0. The first kappa shape index (κ1) is 13.1. The number of benzene rings is 1. The zero-order valence-corrected chi connectivity index (χ0v) is 11.5. The number of nitrogens with one attached hydrogen (secondary N) is 1. The third-order valence-corrected chi connectivity index (χ3v) is 3.63. The number of rotatable bonds is 4. The zero-order valence-electron chi connectivity index (χ0n) is 11.5. The van der Waals surface area contributed by atoms with Crippen LogP contribution in [0.3, 0.4) is 0 Å². The largest absolute Gasteiger partial charge is 0.310 e. The number of hydrogen-bond donors (Lipinski definition) is 1. The van der Waals surface area contributed by atoms with Gasteiger partial charge < -0.3 is 10.2 Å². The molecule has 0 aliphatic carbocycles. The molecular formula is C15H22N2O. The molecule has 1 aromatic carbocycles. The van der Waals surface area contributed by atoms with E-state index in [1.54, 1.807) is 0 Å². The normalized spacial score (nSPS) is 19.6. The van der Waals surface area contributed by atoms with E-state index in [0.29, 0.717) is 0 Å². The SMILES string of the molecule is CCNC1CCN(c2c(C)cccc2CC)C1=O. The first-order chi connectivity index (χ1) is 8.69. The molecule has 1 atom stereocenters. The maximum Gasteiger partial charge on any atom is 0.244 e. The van der Waals surface area contributed by atoms with Crippen LogP contribution in [-0.4, -0.2) is 25.0 Å². The van der Waals surface area contributed by atoms with Crippen molar-refractivity contribution in [1.82, 2.24) is 5.32 Å². The Hall–Kier alpha value is -1.35. The fourth-order valence-electron chi connectivity index (χ4n) is 2.73. The van der Waals surface area contributed by atoms with Crippen molar-refractivity contribution in [3.05, 3.63) is 29.3 Å². The first-order valence-electron chi connectivity index (χ1n) is 6.82. The summed E-state index contributed by atoms with van der Waals surface area (Å²) < 4.78 is 0. The van der Waals surface area contributed by atoms with Crippen molar-refractivity contribution in [2.45, 2.75) is 39.7 Å². The molecule has 1 aliphatic heterocycles. The number of aryl methyl sites for hydroxylation is 2. The van der Waals surface area contributed by atoms with E-state index in [-0.39, 0.29) is 11.9 Å². The number of carbonyl (C=O) groups excluding carboxylic acids is 1. The average Bonchev–Trinajstić information content (AvgIpc) is 2.71. The Balaban J connectivity index is 2.30. The Kier molecular flexibility index (Phi) is 4.02. The third kappa shape index (κ3) is 2.27. The van der Waals surface area contributed by atoms with E-state index in [0.717, 1.165) is 31.6 Å². The van der Waals surface area contributed by atoms with Crippen molar-refractivity contribution < 1.29 is 4.79 Å². The van der Waals surface area contributed by atoms with E-state index in [1.165, 1.54) is 11.1 Å². The maximum atomic E-state index is 12.4. The van der Waals surface area contributed by atoms with Gasteiger partial charge in [0.2, 0.25) is 5.91 Å². The average molecular weight is 246 g/mol. The summed E-state index contributed by atoms with van der Waals surface area (Å²) in [4.78, 5) is 14.3. The van der Waals surface area contributed by atoms with Crippen LogP contribution in [0.5, 0.6) is 0 Å². The molecule has 1 saturated heterocycles. The van der Waals surface area contributed by atoms with E-state index < -0.39 is 0 Å². The van der Waals surface area contributed by atoms with Gasteiger partial charge in [-0.3, -0.25) is 4.79 Å². The number of para-hydroxylation sites is 1. The summed E-state index contributed by atoms with van der Waals surface area (Å²) in [7, 11) is 0. The van der Waals surface area contributed by atoms with Crippen molar-refractivity contribution in [2.24, 2.45) is 0 Å². The van der Waals surface area contributed by atoms with Gasteiger partial charge in [-0.1, -0.05) is 32.0 Å². The molecule has 0 spiro atoms. The summed E-state index contributed by atoms with van der Waals surface area (Å²) in [6, 6.07) is 6.28. The summed E-state index contributed by atoms with van der Waals surface area (Å²) in [5.41, 5.74) is 3.59. The maximum absolute atomic E-state index is 12.4. The first-order valence-corrected chi connectivity index (χ1v) is 6.82. The summed E-state index contributed by atoms with van der Waals surface area (Å²) in [5.74, 6) is 0.223. The Labute approximate surface area is 109 Å². The van der Waals surface area contributed by atoms with Crippen LogP contribution in [0.25, 0.3) is 0 Å². The van der Waals surface area contributed by atoms with Crippen molar-refractivity contribution in [1.29, 1.82) is 0 Å². The molecule has 1 fully saturated rings. The van der Waals surface area contributed by atoms with Gasteiger partial charge in [0.25, 0.3) is 0 Å². The van der Waals surface area contributed by atoms with Gasteiger partial charge in [-0.2, -0.15) is 0 Å². The second-order valence-corrected chi connectivity index (χ2v) is 4.83. The Morgan fingerprint density at radius 2 is 2.17 bits per heavy atom. The number of nitrogens with zero attached hydrogens (tertiary/aromatic N) is 1. The van der Waals surface area contributed by atoms with Crippen molar-refractivity contribution in [3.8, 4) is 0 Å².